The number of amides is 2. The van der Waals surface area contributed by atoms with E-state index in [1.54, 1.807) is 12.1 Å². The van der Waals surface area contributed by atoms with Crippen LogP contribution in [-0.2, 0) is 9.59 Å². The number of carbonyl (C=O) groups is 2. The van der Waals surface area contributed by atoms with Crippen molar-refractivity contribution in [2.75, 3.05) is 12.4 Å². The molecule has 0 atom stereocenters. The van der Waals surface area contributed by atoms with Crippen molar-refractivity contribution in [3.05, 3.63) is 75.0 Å². The minimum absolute atomic E-state index is 0.289. The van der Waals surface area contributed by atoms with E-state index in [4.69, 9.17) is 16.3 Å². The number of halogens is 2. The first-order valence-corrected chi connectivity index (χ1v) is 10.4. The lowest BCUT2D eigenvalue weighted by Crippen LogP contribution is -2.32. The van der Waals surface area contributed by atoms with Crippen LogP contribution in [0.3, 0.4) is 0 Å². The summed E-state index contributed by atoms with van der Waals surface area (Å²) in [7, 11) is 1.45. The van der Waals surface area contributed by atoms with Gasteiger partial charge in [-0.25, -0.2) is 5.43 Å². The quantitative estimate of drug-likeness (QED) is 0.303. The number of ether oxygens (including phenoxy) is 1. The zero-order valence-corrected chi connectivity index (χ0v) is 19.4. The molecule has 0 spiro atoms. The summed E-state index contributed by atoms with van der Waals surface area (Å²) >= 11 is 9.37. The molecule has 7 nitrogen and oxygen atoms in total. The number of hydrogen-bond acceptors (Lipinski definition) is 4. The molecule has 0 radical (unpaired) electrons. The Hall–Kier alpha value is -3.10. The van der Waals surface area contributed by atoms with Crippen LogP contribution in [0.25, 0.3) is 5.69 Å². The Morgan fingerprint density at radius 1 is 1.10 bits per heavy atom. The molecule has 1 aromatic heterocycles. The zero-order chi connectivity index (χ0) is 22.5. The van der Waals surface area contributed by atoms with Gasteiger partial charge in [-0.3, -0.25) is 9.59 Å². The van der Waals surface area contributed by atoms with E-state index in [-0.39, 0.29) is 5.69 Å². The molecule has 160 valence electrons. The largest absolute Gasteiger partial charge is 0.495 e. The van der Waals surface area contributed by atoms with E-state index in [1.165, 1.54) is 19.4 Å². The summed E-state index contributed by atoms with van der Waals surface area (Å²) in [4.78, 5) is 24.3. The molecule has 0 unspecified atom stereocenters. The average molecular weight is 504 g/mol. The maximum atomic E-state index is 12.2. The highest BCUT2D eigenvalue weighted by Gasteiger charge is 2.16. The molecule has 2 amide bonds. The van der Waals surface area contributed by atoms with Crippen molar-refractivity contribution >= 4 is 51.2 Å². The molecule has 1 heterocycles. The summed E-state index contributed by atoms with van der Waals surface area (Å²) in [6.45, 7) is 3.94. The monoisotopic (exact) mass is 502 g/mol. The number of nitrogens with one attached hydrogen (secondary N) is 2. The lowest BCUT2D eigenvalue weighted by atomic mass is 10.2. The molecule has 0 aliphatic rings. The minimum Gasteiger partial charge on any atom is -0.495 e. The highest BCUT2D eigenvalue weighted by molar-refractivity contribution is 9.10. The third kappa shape index (κ3) is 5.34. The molecule has 9 heteroatoms. The summed E-state index contributed by atoms with van der Waals surface area (Å²) in [6, 6.07) is 14.6. The van der Waals surface area contributed by atoms with Crippen LogP contribution in [0.5, 0.6) is 5.75 Å². The van der Waals surface area contributed by atoms with Gasteiger partial charge in [-0.05, 0) is 62.4 Å². The number of nitrogens with zero attached hydrogens (tertiary/aromatic N) is 2. The molecular weight excluding hydrogens is 484 g/mol. The van der Waals surface area contributed by atoms with Gasteiger partial charge in [0.05, 0.1) is 19.0 Å². The van der Waals surface area contributed by atoms with E-state index in [2.05, 4.69) is 36.3 Å². The predicted molar refractivity (Wildman–Crippen MR) is 125 cm³/mol. The van der Waals surface area contributed by atoms with Gasteiger partial charge in [0, 0.05) is 32.1 Å². The first kappa shape index (κ1) is 22.6. The third-order valence-electron chi connectivity index (χ3n) is 4.54. The second kappa shape index (κ2) is 9.80. The summed E-state index contributed by atoms with van der Waals surface area (Å²) in [5.74, 6) is -1.42. The molecule has 0 fully saturated rings. The Labute approximate surface area is 193 Å². The number of methoxy groups -OCH3 is 1. The first-order valence-electron chi connectivity index (χ1n) is 9.23. The number of aromatic nitrogens is 1. The fourth-order valence-electron chi connectivity index (χ4n) is 3.07. The number of benzene rings is 2. The van der Waals surface area contributed by atoms with Crippen molar-refractivity contribution in [1.29, 1.82) is 0 Å². The third-order valence-corrected chi connectivity index (χ3v) is 5.30. The Kier molecular flexibility index (Phi) is 7.14. The molecule has 3 rings (SSSR count). The molecule has 0 saturated heterocycles. The van der Waals surface area contributed by atoms with E-state index < -0.39 is 11.8 Å². The fourth-order valence-corrected chi connectivity index (χ4v) is 3.51. The molecular formula is C22H20BrClN4O3. The molecule has 0 aliphatic carbocycles. The average Bonchev–Trinajstić information content (AvgIpc) is 3.02. The van der Waals surface area contributed by atoms with Gasteiger partial charge in [-0.1, -0.05) is 27.5 Å². The van der Waals surface area contributed by atoms with E-state index >= 15 is 0 Å². The van der Waals surface area contributed by atoms with Crippen molar-refractivity contribution in [2.24, 2.45) is 5.10 Å². The second-order valence-electron chi connectivity index (χ2n) is 6.64. The van der Waals surface area contributed by atoms with Crippen LogP contribution in [0.1, 0.15) is 17.0 Å². The lowest BCUT2D eigenvalue weighted by molar-refractivity contribution is -0.136. The first-order chi connectivity index (χ1) is 14.8. The smallest absolute Gasteiger partial charge is 0.329 e. The zero-order valence-electron chi connectivity index (χ0n) is 17.1. The van der Waals surface area contributed by atoms with Gasteiger partial charge in [-0.2, -0.15) is 5.10 Å². The van der Waals surface area contributed by atoms with Crippen LogP contribution >= 0.6 is 27.5 Å². The number of anilines is 1. The van der Waals surface area contributed by atoms with Crippen LogP contribution < -0.4 is 15.5 Å². The lowest BCUT2D eigenvalue weighted by Gasteiger charge is -2.10. The summed E-state index contributed by atoms with van der Waals surface area (Å²) in [5.41, 5.74) is 6.32. The van der Waals surface area contributed by atoms with E-state index in [0.29, 0.717) is 10.8 Å². The van der Waals surface area contributed by atoms with Crippen LogP contribution in [0, 0.1) is 13.8 Å². The van der Waals surface area contributed by atoms with Crippen LogP contribution in [-0.4, -0.2) is 29.7 Å². The number of hydrazone groups is 1. The van der Waals surface area contributed by atoms with Crippen molar-refractivity contribution in [3.8, 4) is 11.4 Å². The Morgan fingerprint density at radius 3 is 2.48 bits per heavy atom. The molecule has 3 aromatic rings. The number of aryl methyl sites for hydroxylation is 1. The van der Waals surface area contributed by atoms with Gasteiger partial charge >= 0.3 is 11.8 Å². The highest BCUT2D eigenvalue weighted by Crippen LogP contribution is 2.27. The maximum Gasteiger partial charge on any atom is 0.329 e. The van der Waals surface area contributed by atoms with Gasteiger partial charge in [0.25, 0.3) is 0 Å². The van der Waals surface area contributed by atoms with Crippen molar-refractivity contribution < 1.29 is 14.3 Å². The minimum atomic E-state index is -0.917. The second-order valence-corrected chi connectivity index (χ2v) is 7.99. The van der Waals surface area contributed by atoms with Gasteiger partial charge in [0.1, 0.15) is 5.75 Å². The fraction of sp³-hybridized carbons (Fsp3) is 0.136. The predicted octanol–water partition coefficient (Wildman–Crippen LogP) is 4.61. The van der Waals surface area contributed by atoms with Crippen LogP contribution in [0.15, 0.2) is 58.1 Å². The summed E-state index contributed by atoms with van der Waals surface area (Å²) < 4.78 is 8.22. The number of hydrogen-bond donors (Lipinski definition) is 2. The Balaban J connectivity index is 1.69. The van der Waals surface area contributed by atoms with Gasteiger partial charge in [-0.15, -0.1) is 0 Å². The topological polar surface area (TPSA) is 84.7 Å². The van der Waals surface area contributed by atoms with Crippen molar-refractivity contribution in [3.63, 3.8) is 0 Å². The SMILES string of the molecule is COc1ccc(Cl)cc1NC(=O)C(=O)N/N=C\c1cc(C)n(-c2ccc(Br)cc2)c1C. The van der Waals surface area contributed by atoms with Crippen molar-refractivity contribution in [2.45, 2.75) is 13.8 Å². The van der Waals surface area contributed by atoms with Crippen LogP contribution in [0.2, 0.25) is 5.02 Å². The normalized spacial score (nSPS) is 10.9. The van der Waals surface area contributed by atoms with Crippen LogP contribution in [0.4, 0.5) is 5.69 Å². The maximum absolute atomic E-state index is 12.2. The van der Waals surface area contributed by atoms with Crippen molar-refractivity contribution in [1.82, 2.24) is 9.99 Å². The summed E-state index contributed by atoms with van der Waals surface area (Å²) in [5, 5.41) is 6.78. The summed E-state index contributed by atoms with van der Waals surface area (Å²) in [6.07, 6.45) is 1.50. The van der Waals surface area contributed by atoms with E-state index in [0.717, 1.165) is 27.1 Å². The highest BCUT2D eigenvalue weighted by atomic mass is 79.9. The van der Waals surface area contributed by atoms with Gasteiger partial charge in [0.2, 0.25) is 0 Å². The molecule has 2 N–H and O–H groups in total. The Morgan fingerprint density at radius 2 is 1.81 bits per heavy atom. The molecule has 0 aliphatic heterocycles. The Bertz CT molecular complexity index is 1160. The molecule has 0 bridgehead atoms. The number of rotatable bonds is 5. The molecule has 31 heavy (non-hydrogen) atoms. The molecule has 2 aromatic carbocycles. The standard InChI is InChI=1S/C22H20BrClN4O3/c1-13-10-15(14(2)28(13)18-7-4-16(23)5-8-18)12-25-27-22(30)21(29)26-19-11-17(24)6-9-20(19)31-3/h4-12H,1-3H3,(H,26,29)(H,27,30)/b25-12-. The van der Waals surface area contributed by atoms with E-state index in [9.17, 15) is 9.59 Å². The van der Waals surface area contributed by atoms with Gasteiger partial charge < -0.3 is 14.6 Å². The van der Waals surface area contributed by atoms with Gasteiger partial charge in [0.15, 0.2) is 0 Å². The molecule has 0 saturated carbocycles. The van der Waals surface area contributed by atoms with E-state index in [1.807, 2.05) is 44.2 Å². The number of carbonyl (C=O) groups excluding carboxylic acids is 2.